The molecule has 4 rings (SSSR count). The van der Waals surface area contributed by atoms with Crippen molar-refractivity contribution in [2.75, 3.05) is 19.3 Å². The number of sulfone groups is 1. The Bertz CT molecular complexity index is 1390. The van der Waals surface area contributed by atoms with Crippen molar-refractivity contribution in [1.29, 1.82) is 0 Å². The van der Waals surface area contributed by atoms with Crippen molar-refractivity contribution in [2.24, 2.45) is 11.8 Å². The van der Waals surface area contributed by atoms with Crippen molar-refractivity contribution in [3.8, 4) is 0 Å². The molecule has 1 fully saturated rings. The van der Waals surface area contributed by atoms with Gasteiger partial charge in [-0.2, -0.15) is 0 Å². The van der Waals surface area contributed by atoms with E-state index in [0.29, 0.717) is 55.8 Å². The van der Waals surface area contributed by atoms with Gasteiger partial charge in [0.2, 0.25) is 5.91 Å². The molecule has 5 atom stereocenters. The van der Waals surface area contributed by atoms with Crippen LogP contribution in [0.3, 0.4) is 0 Å². The van der Waals surface area contributed by atoms with Crippen molar-refractivity contribution < 1.29 is 27.9 Å². The van der Waals surface area contributed by atoms with Crippen molar-refractivity contribution in [1.82, 2.24) is 13.7 Å². The number of alkyl halides is 1. The minimum Gasteiger partial charge on any atom is -0.480 e. The van der Waals surface area contributed by atoms with E-state index in [2.05, 4.69) is 31.7 Å². The first-order chi connectivity index (χ1) is 19.3. The van der Waals surface area contributed by atoms with E-state index < -0.39 is 33.1 Å². The van der Waals surface area contributed by atoms with Crippen LogP contribution in [0.15, 0.2) is 56.4 Å². The van der Waals surface area contributed by atoms with Crippen LogP contribution < -0.4 is 8.85 Å². The molecular formula is C27H33BCl2IN3O6S. The van der Waals surface area contributed by atoms with E-state index >= 15 is 0 Å². The molecule has 0 saturated carbocycles. The molecule has 4 aliphatic rings. The van der Waals surface area contributed by atoms with Crippen LogP contribution in [-0.2, 0) is 24.2 Å². The van der Waals surface area contributed by atoms with Crippen LogP contribution in [0.4, 0.5) is 0 Å². The molecule has 1 aliphatic heterocycles. The third-order valence-corrected chi connectivity index (χ3v) is 11.0. The molecule has 4 unspecified atom stereocenters. The van der Waals surface area contributed by atoms with Gasteiger partial charge in [-0.25, -0.2) is 13.2 Å². The zero-order valence-electron chi connectivity index (χ0n) is 22.8. The SMILES string of the molecule is BC1=CC=C(C(=O)N2CCC3C(Cl)=C(C(=O)N[C@@H](CC4=CC(S(C)(=O)=O)=CCC4)C(=O)O)C(Cl)CC3C2)CC1NI. The summed E-state index contributed by atoms with van der Waals surface area (Å²) in [5.74, 6) is -2.06. The largest absolute Gasteiger partial charge is 0.480 e. The average molecular weight is 736 g/mol. The fourth-order valence-corrected chi connectivity index (χ4v) is 8.42. The number of amides is 2. The summed E-state index contributed by atoms with van der Waals surface area (Å²) in [5.41, 5.74) is 2.71. The number of carboxylic acid groups (broad SMARTS) is 1. The highest BCUT2D eigenvalue weighted by Gasteiger charge is 2.43. The van der Waals surface area contributed by atoms with E-state index in [-0.39, 0.29) is 40.7 Å². The maximum atomic E-state index is 13.3. The second-order valence-electron chi connectivity index (χ2n) is 11.1. The molecule has 3 aliphatic carbocycles. The molecule has 0 aromatic carbocycles. The van der Waals surface area contributed by atoms with Gasteiger partial charge >= 0.3 is 5.97 Å². The number of fused-ring (bicyclic) bond motifs is 1. The van der Waals surface area contributed by atoms with Crippen LogP contribution in [0.25, 0.3) is 0 Å². The molecule has 0 aromatic heterocycles. The fourth-order valence-electron chi connectivity index (χ4n) is 5.91. The number of carbonyl (C=O) groups is 3. The number of carbonyl (C=O) groups excluding carboxylic acids is 2. The average Bonchev–Trinajstić information content (AvgIpc) is 2.92. The number of likely N-dealkylation sites (tertiary alicyclic amines) is 1. The highest BCUT2D eigenvalue weighted by Crippen LogP contribution is 2.44. The number of aliphatic carboxylic acids is 1. The van der Waals surface area contributed by atoms with Gasteiger partial charge in [-0.05, 0) is 50.5 Å². The zero-order chi connectivity index (χ0) is 30.1. The molecule has 0 radical (unpaired) electrons. The van der Waals surface area contributed by atoms with Crippen molar-refractivity contribution in [3.63, 3.8) is 0 Å². The predicted molar refractivity (Wildman–Crippen MR) is 170 cm³/mol. The van der Waals surface area contributed by atoms with E-state index in [9.17, 15) is 27.9 Å². The molecule has 9 nitrogen and oxygen atoms in total. The third kappa shape index (κ3) is 7.49. The van der Waals surface area contributed by atoms with Crippen LogP contribution in [0.2, 0.25) is 0 Å². The molecular weight excluding hydrogens is 703 g/mol. The molecule has 2 amide bonds. The van der Waals surface area contributed by atoms with E-state index in [4.69, 9.17) is 23.2 Å². The molecule has 0 aromatic rings. The van der Waals surface area contributed by atoms with Gasteiger partial charge in [0.1, 0.15) is 13.9 Å². The lowest BCUT2D eigenvalue weighted by atomic mass is 9.75. The number of rotatable bonds is 8. The normalized spacial score (nSPS) is 27.6. The van der Waals surface area contributed by atoms with Gasteiger partial charge in [0.25, 0.3) is 5.91 Å². The van der Waals surface area contributed by atoms with Gasteiger partial charge in [-0.1, -0.05) is 40.9 Å². The van der Waals surface area contributed by atoms with Gasteiger partial charge in [-0.3, -0.25) is 13.1 Å². The molecule has 222 valence electrons. The summed E-state index contributed by atoms with van der Waals surface area (Å²) in [6, 6.07) is -1.16. The standard InChI is InChI=1S/C27H33BCl2IN3O6S/c1-41(39,40)17-4-2-3-14(9-17)10-22(27(37)38)32-25(35)23-20(29)11-16-13-34(8-7-18(16)24(23)30)26(36)15-5-6-19(28)21(12-15)33-31/h4-6,9,16,18,20-22,33H,2-3,7-8,10-13,28H2,1H3,(H,32,35)(H,37,38)/t16?,18?,20?,21?,22-/m0/s1. The molecule has 41 heavy (non-hydrogen) atoms. The van der Waals surface area contributed by atoms with Gasteiger partial charge in [0, 0.05) is 70.3 Å². The number of hydrogen-bond acceptors (Lipinski definition) is 6. The highest BCUT2D eigenvalue weighted by molar-refractivity contribution is 14.1. The fraction of sp³-hybridized carbons (Fsp3) is 0.519. The van der Waals surface area contributed by atoms with E-state index in [1.807, 2.05) is 24.9 Å². The Morgan fingerprint density at radius 1 is 1.29 bits per heavy atom. The summed E-state index contributed by atoms with van der Waals surface area (Å²) in [6.45, 7) is 0.963. The number of piperidine rings is 1. The smallest absolute Gasteiger partial charge is 0.326 e. The minimum atomic E-state index is -3.43. The molecule has 0 spiro atoms. The van der Waals surface area contributed by atoms with Crippen molar-refractivity contribution in [3.05, 3.63) is 56.4 Å². The lowest BCUT2D eigenvalue weighted by Gasteiger charge is -2.43. The first-order valence-electron chi connectivity index (χ1n) is 13.5. The number of halogens is 3. The molecule has 0 bridgehead atoms. The monoisotopic (exact) mass is 735 g/mol. The van der Waals surface area contributed by atoms with Crippen LogP contribution >= 0.6 is 46.1 Å². The topological polar surface area (TPSA) is 133 Å². The molecule has 1 heterocycles. The predicted octanol–water partition coefficient (Wildman–Crippen LogP) is 2.72. The van der Waals surface area contributed by atoms with Gasteiger partial charge in [-0.15, -0.1) is 11.6 Å². The third-order valence-electron chi connectivity index (χ3n) is 8.25. The first-order valence-corrected chi connectivity index (χ1v) is 17.3. The van der Waals surface area contributed by atoms with Crippen LogP contribution in [-0.4, -0.2) is 80.9 Å². The molecule has 14 heteroatoms. The maximum Gasteiger partial charge on any atom is 0.326 e. The van der Waals surface area contributed by atoms with Gasteiger partial charge in [0.05, 0.1) is 10.3 Å². The van der Waals surface area contributed by atoms with Crippen molar-refractivity contribution >= 4 is 81.5 Å². The first kappa shape index (κ1) is 32.3. The summed E-state index contributed by atoms with van der Waals surface area (Å²) >= 11 is 15.6. The Kier molecular flexibility index (Phi) is 10.5. The second kappa shape index (κ2) is 13.4. The quantitative estimate of drug-likeness (QED) is 0.151. The molecule has 3 N–H and O–H groups in total. The van der Waals surface area contributed by atoms with Gasteiger partial charge in [0.15, 0.2) is 9.84 Å². The second-order valence-corrected chi connectivity index (χ2v) is 14.7. The number of carboxylic acids is 1. The van der Waals surface area contributed by atoms with E-state index in [1.165, 1.54) is 11.5 Å². The Morgan fingerprint density at radius 2 is 2.02 bits per heavy atom. The minimum absolute atomic E-state index is 0.00573. The van der Waals surface area contributed by atoms with E-state index in [1.54, 1.807) is 6.08 Å². The number of nitrogens with one attached hydrogen (secondary N) is 2. The molecule has 1 saturated heterocycles. The van der Waals surface area contributed by atoms with Crippen LogP contribution in [0, 0.1) is 11.8 Å². The Hall–Kier alpha value is -1.61. The van der Waals surface area contributed by atoms with Crippen molar-refractivity contribution in [2.45, 2.75) is 56.0 Å². The highest BCUT2D eigenvalue weighted by atomic mass is 127. The zero-order valence-corrected chi connectivity index (χ0v) is 27.3. The summed E-state index contributed by atoms with van der Waals surface area (Å²) in [6.07, 6.45) is 10.6. The summed E-state index contributed by atoms with van der Waals surface area (Å²) in [4.78, 5) is 40.7. The van der Waals surface area contributed by atoms with E-state index in [0.717, 1.165) is 11.8 Å². The van der Waals surface area contributed by atoms with Crippen LogP contribution in [0.1, 0.15) is 38.5 Å². The summed E-state index contributed by atoms with van der Waals surface area (Å²) in [5, 5.41) is 12.0. The van der Waals surface area contributed by atoms with Crippen LogP contribution in [0.5, 0.6) is 0 Å². The summed E-state index contributed by atoms with van der Waals surface area (Å²) in [7, 11) is -1.40. The lowest BCUT2D eigenvalue weighted by Crippen LogP contribution is -2.49. The van der Waals surface area contributed by atoms with Gasteiger partial charge < -0.3 is 15.3 Å². The number of hydrogen-bond donors (Lipinski definition) is 3. The Balaban J connectivity index is 1.45. The number of nitrogens with zero attached hydrogens (tertiary/aromatic N) is 1. The Labute approximate surface area is 265 Å². The summed E-state index contributed by atoms with van der Waals surface area (Å²) < 4.78 is 27.1. The maximum absolute atomic E-state index is 13.3. The lowest BCUT2D eigenvalue weighted by molar-refractivity contribution is -0.141. The number of allylic oxidation sites excluding steroid dienone is 5. The Morgan fingerprint density at radius 3 is 2.68 bits per heavy atom.